The van der Waals surface area contributed by atoms with Gasteiger partial charge in [-0.2, -0.15) is 5.26 Å². The highest BCUT2D eigenvalue weighted by atomic mass is 79.9. The van der Waals surface area contributed by atoms with E-state index in [0.29, 0.717) is 10.6 Å². The Balaban J connectivity index is 1.80. The summed E-state index contributed by atoms with van der Waals surface area (Å²) < 4.78 is 3.02. The van der Waals surface area contributed by atoms with Crippen LogP contribution < -0.4 is 0 Å². The average molecular weight is 462 g/mol. The number of nitriles is 1. The average Bonchev–Trinajstić information content (AvgIpc) is 3.01. The first kappa shape index (κ1) is 19.5. The van der Waals surface area contributed by atoms with Crippen LogP contribution in [-0.4, -0.2) is 4.57 Å². The summed E-state index contributed by atoms with van der Waals surface area (Å²) in [6.07, 6.45) is 1.96. The fraction of sp³-hybridized carbons (Fsp3) is 0.0800. The van der Waals surface area contributed by atoms with Gasteiger partial charge in [-0.3, -0.25) is 0 Å². The third-order valence-corrected chi connectivity index (χ3v) is 6.34. The molecule has 0 aliphatic heterocycles. The van der Waals surface area contributed by atoms with Crippen molar-refractivity contribution in [3.63, 3.8) is 0 Å². The van der Waals surface area contributed by atoms with Gasteiger partial charge in [-0.05, 0) is 88.1 Å². The summed E-state index contributed by atoms with van der Waals surface area (Å²) >= 11 is 9.74. The van der Waals surface area contributed by atoms with Crippen molar-refractivity contribution in [3.05, 3.63) is 98.7 Å². The van der Waals surface area contributed by atoms with Crippen LogP contribution in [0.5, 0.6) is 0 Å². The minimum absolute atomic E-state index is 0.643. The first-order valence-electron chi connectivity index (χ1n) is 9.23. The van der Waals surface area contributed by atoms with Crippen molar-refractivity contribution < 1.29 is 0 Å². The Labute approximate surface area is 183 Å². The highest BCUT2D eigenvalue weighted by Gasteiger charge is 2.12. The van der Waals surface area contributed by atoms with Crippen LogP contribution in [0.2, 0.25) is 5.02 Å². The van der Waals surface area contributed by atoms with Crippen molar-refractivity contribution in [3.8, 4) is 11.8 Å². The van der Waals surface area contributed by atoms with Crippen molar-refractivity contribution >= 4 is 50.0 Å². The third-order valence-electron chi connectivity index (χ3n) is 5.11. The van der Waals surface area contributed by atoms with Gasteiger partial charge in [0.25, 0.3) is 0 Å². The van der Waals surface area contributed by atoms with Crippen LogP contribution in [0.25, 0.3) is 28.1 Å². The Morgan fingerprint density at radius 3 is 2.48 bits per heavy atom. The minimum Gasteiger partial charge on any atom is -0.318 e. The number of hydrogen-bond acceptors (Lipinski definition) is 1. The zero-order valence-corrected chi connectivity index (χ0v) is 18.4. The van der Waals surface area contributed by atoms with E-state index >= 15 is 0 Å². The highest BCUT2D eigenvalue weighted by Crippen LogP contribution is 2.30. The molecule has 0 unspecified atom stereocenters. The second-order valence-corrected chi connectivity index (χ2v) is 8.25. The van der Waals surface area contributed by atoms with E-state index in [1.807, 2.05) is 42.5 Å². The van der Waals surface area contributed by atoms with Gasteiger partial charge >= 0.3 is 0 Å². The number of benzene rings is 3. The Hall–Kier alpha value is -2.80. The van der Waals surface area contributed by atoms with E-state index < -0.39 is 0 Å². The quantitative estimate of drug-likeness (QED) is 0.287. The first-order chi connectivity index (χ1) is 14.0. The molecule has 0 aliphatic carbocycles. The normalized spacial score (nSPS) is 11.6. The largest absolute Gasteiger partial charge is 0.318 e. The first-order valence-corrected chi connectivity index (χ1v) is 10.4. The number of aryl methyl sites for hydroxylation is 1. The van der Waals surface area contributed by atoms with E-state index in [1.165, 1.54) is 5.39 Å². The second-order valence-electron chi connectivity index (χ2n) is 6.99. The number of hydrogen-bond donors (Lipinski definition) is 0. The predicted octanol–water partition coefficient (Wildman–Crippen LogP) is 7.73. The van der Waals surface area contributed by atoms with E-state index in [4.69, 9.17) is 11.6 Å². The SMILES string of the molecule is Cc1cc(/C=C(/C#N)c2ccc3ccccc3c2)c(C)n1-c1ccc(Br)c(Cl)c1. The van der Waals surface area contributed by atoms with Crippen LogP contribution >= 0.6 is 27.5 Å². The van der Waals surface area contributed by atoms with Crippen LogP contribution in [0.3, 0.4) is 0 Å². The number of nitrogens with zero attached hydrogens (tertiary/aromatic N) is 2. The van der Waals surface area contributed by atoms with Gasteiger partial charge in [0, 0.05) is 21.5 Å². The zero-order valence-electron chi connectivity index (χ0n) is 16.1. The van der Waals surface area contributed by atoms with Crippen LogP contribution in [0.15, 0.2) is 71.2 Å². The summed E-state index contributed by atoms with van der Waals surface area (Å²) in [5.41, 5.74) is 5.73. The van der Waals surface area contributed by atoms with Crippen LogP contribution in [0, 0.1) is 25.2 Å². The molecule has 0 saturated carbocycles. The standard InChI is InChI=1S/C25H18BrClN2/c1-16-11-21(17(2)29(16)23-9-10-24(26)25(27)14-23)13-22(15-28)20-8-7-18-5-3-4-6-19(18)12-20/h3-14H,1-2H3/b22-13-. The topological polar surface area (TPSA) is 28.7 Å². The molecule has 142 valence electrons. The fourth-order valence-corrected chi connectivity index (χ4v) is 4.07. The Morgan fingerprint density at radius 2 is 1.76 bits per heavy atom. The monoisotopic (exact) mass is 460 g/mol. The van der Waals surface area contributed by atoms with Gasteiger partial charge < -0.3 is 4.57 Å². The smallest absolute Gasteiger partial charge is 0.0998 e. The van der Waals surface area contributed by atoms with Gasteiger partial charge in [-0.15, -0.1) is 0 Å². The van der Waals surface area contributed by atoms with Gasteiger partial charge in [0.15, 0.2) is 0 Å². The molecule has 0 atom stereocenters. The Morgan fingerprint density at radius 1 is 1.00 bits per heavy atom. The van der Waals surface area contributed by atoms with Crippen LogP contribution in [0.4, 0.5) is 0 Å². The highest BCUT2D eigenvalue weighted by molar-refractivity contribution is 9.10. The molecular formula is C25H18BrClN2. The second kappa shape index (κ2) is 7.91. The lowest BCUT2D eigenvalue weighted by Crippen LogP contribution is -1.99. The summed E-state index contributed by atoms with van der Waals surface area (Å²) in [6, 6.07) is 24.7. The van der Waals surface area contributed by atoms with E-state index in [-0.39, 0.29) is 0 Å². The maximum Gasteiger partial charge on any atom is 0.0998 e. The number of halogens is 2. The number of aromatic nitrogens is 1. The van der Waals surface area contributed by atoms with Crippen molar-refractivity contribution in [1.29, 1.82) is 5.26 Å². The van der Waals surface area contributed by atoms with Crippen molar-refractivity contribution in [1.82, 2.24) is 4.57 Å². The van der Waals surface area contributed by atoms with Gasteiger partial charge in [0.2, 0.25) is 0 Å². The molecule has 0 radical (unpaired) electrons. The van der Waals surface area contributed by atoms with E-state index in [2.05, 4.69) is 70.7 Å². The third kappa shape index (κ3) is 3.74. The maximum atomic E-state index is 9.82. The lowest BCUT2D eigenvalue weighted by Gasteiger charge is -2.11. The summed E-state index contributed by atoms with van der Waals surface area (Å²) in [5, 5.41) is 12.8. The lowest BCUT2D eigenvalue weighted by atomic mass is 10.0. The molecule has 0 bridgehead atoms. The molecule has 0 amide bonds. The Kier molecular flexibility index (Phi) is 5.32. The lowest BCUT2D eigenvalue weighted by molar-refractivity contribution is 0.964. The van der Waals surface area contributed by atoms with Gasteiger partial charge in [0.1, 0.15) is 0 Å². The molecule has 4 rings (SSSR count). The van der Waals surface area contributed by atoms with Crippen LogP contribution in [-0.2, 0) is 0 Å². The summed E-state index contributed by atoms with van der Waals surface area (Å²) in [4.78, 5) is 0. The molecule has 0 spiro atoms. The van der Waals surface area contributed by atoms with Crippen molar-refractivity contribution in [2.75, 3.05) is 0 Å². The summed E-state index contributed by atoms with van der Waals surface area (Å²) in [6.45, 7) is 4.12. The molecule has 4 heteroatoms. The molecule has 0 N–H and O–H groups in total. The molecule has 29 heavy (non-hydrogen) atoms. The molecule has 1 heterocycles. The van der Waals surface area contributed by atoms with Crippen molar-refractivity contribution in [2.24, 2.45) is 0 Å². The van der Waals surface area contributed by atoms with E-state index in [9.17, 15) is 5.26 Å². The predicted molar refractivity (Wildman–Crippen MR) is 125 cm³/mol. The molecule has 2 nitrogen and oxygen atoms in total. The molecular weight excluding hydrogens is 444 g/mol. The minimum atomic E-state index is 0.643. The zero-order chi connectivity index (χ0) is 20.5. The van der Waals surface area contributed by atoms with Gasteiger partial charge in [-0.25, -0.2) is 0 Å². The summed E-state index contributed by atoms with van der Waals surface area (Å²) in [7, 11) is 0. The molecule has 0 fully saturated rings. The number of rotatable bonds is 3. The molecule has 4 aromatic rings. The molecule has 3 aromatic carbocycles. The maximum absolute atomic E-state index is 9.82. The van der Waals surface area contributed by atoms with Crippen LogP contribution in [0.1, 0.15) is 22.5 Å². The fourth-order valence-electron chi connectivity index (χ4n) is 3.65. The number of fused-ring (bicyclic) bond motifs is 1. The Bertz CT molecular complexity index is 1310. The van der Waals surface area contributed by atoms with E-state index in [0.717, 1.165) is 38.1 Å². The van der Waals surface area contributed by atoms with Gasteiger partial charge in [-0.1, -0.05) is 48.0 Å². The molecule has 0 aliphatic rings. The van der Waals surface area contributed by atoms with Crippen molar-refractivity contribution in [2.45, 2.75) is 13.8 Å². The summed E-state index contributed by atoms with van der Waals surface area (Å²) in [5.74, 6) is 0. The van der Waals surface area contributed by atoms with E-state index in [1.54, 1.807) is 0 Å². The van der Waals surface area contributed by atoms with Gasteiger partial charge in [0.05, 0.1) is 16.7 Å². The molecule has 0 saturated heterocycles. The number of allylic oxidation sites excluding steroid dienone is 1. The molecule has 1 aromatic heterocycles.